The molecular weight excluding hydrogens is 264 g/mol. The molecule has 0 aliphatic heterocycles. The first-order valence-electron chi connectivity index (χ1n) is 8.11. The van der Waals surface area contributed by atoms with Crippen molar-refractivity contribution >= 4 is 0 Å². The zero-order valence-electron chi connectivity index (χ0n) is 12.7. The average Bonchev–Trinajstić information content (AvgIpc) is 2.62. The highest BCUT2D eigenvalue weighted by Crippen LogP contribution is 2.45. The van der Waals surface area contributed by atoms with Gasteiger partial charge < -0.3 is 0 Å². The zero-order valence-corrected chi connectivity index (χ0v) is 12.7. The summed E-state index contributed by atoms with van der Waals surface area (Å²) in [7, 11) is 0. The van der Waals surface area contributed by atoms with Crippen molar-refractivity contribution in [3.05, 3.63) is 107 Å². The summed E-state index contributed by atoms with van der Waals surface area (Å²) in [6.07, 6.45) is 2.40. The Morgan fingerprint density at radius 3 is 1.91 bits per heavy atom. The molecule has 0 radical (unpaired) electrons. The van der Waals surface area contributed by atoms with Crippen LogP contribution in [0.15, 0.2) is 84.9 Å². The molecule has 0 N–H and O–H groups in total. The fourth-order valence-corrected chi connectivity index (χ4v) is 3.89. The molecule has 3 aromatic carbocycles. The van der Waals surface area contributed by atoms with Crippen molar-refractivity contribution in [2.24, 2.45) is 0 Å². The second kappa shape index (κ2) is 5.81. The van der Waals surface area contributed by atoms with E-state index >= 15 is 0 Å². The quantitative estimate of drug-likeness (QED) is 0.579. The molecule has 0 heterocycles. The van der Waals surface area contributed by atoms with Crippen LogP contribution in [0.25, 0.3) is 0 Å². The smallest absolute Gasteiger partial charge is 0.0161 e. The molecule has 2 atom stereocenters. The molecule has 0 bridgehead atoms. The third-order valence-corrected chi connectivity index (χ3v) is 4.90. The van der Waals surface area contributed by atoms with E-state index in [1.807, 2.05) is 0 Å². The van der Waals surface area contributed by atoms with Gasteiger partial charge in [-0.3, -0.25) is 0 Å². The minimum absolute atomic E-state index is 0.466. The molecule has 22 heavy (non-hydrogen) atoms. The number of rotatable bonds is 2. The van der Waals surface area contributed by atoms with E-state index in [1.54, 1.807) is 0 Å². The van der Waals surface area contributed by atoms with E-state index in [1.165, 1.54) is 35.1 Å². The molecular formula is C22H20. The van der Waals surface area contributed by atoms with Gasteiger partial charge in [0.15, 0.2) is 0 Å². The lowest BCUT2D eigenvalue weighted by Gasteiger charge is -2.34. The van der Waals surface area contributed by atoms with Crippen LogP contribution in [-0.2, 0) is 6.42 Å². The maximum Gasteiger partial charge on any atom is 0.0161 e. The average molecular weight is 284 g/mol. The summed E-state index contributed by atoms with van der Waals surface area (Å²) < 4.78 is 0. The molecule has 1 aliphatic rings. The van der Waals surface area contributed by atoms with Gasteiger partial charge in [0.05, 0.1) is 0 Å². The SMILES string of the molecule is c1ccc([C@@H]2c3ccccc3CC[C@@H]2c2ccccc2)cc1. The Morgan fingerprint density at radius 1 is 0.591 bits per heavy atom. The molecule has 1 aliphatic carbocycles. The highest BCUT2D eigenvalue weighted by Gasteiger charge is 2.31. The molecule has 0 amide bonds. The molecule has 0 fully saturated rings. The first kappa shape index (κ1) is 13.3. The van der Waals surface area contributed by atoms with E-state index in [-0.39, 0.29) is 0 Å². The largest absolute Gasteiger partial charge is 0.0622 e. The van der Waals surface area contributed by atoms with Crippen molar-refractivity contribution in [1.82, 2.24) is 0 Å². The second-order valence-electron chi connectivity index (χ2n) is 6.14. The van der Waals surface area contributed by atoms with Crippen molar-refractivity contribution in [2.75, 3.05) is 0 Å². The van der Waals surface area contributed by atoms with Gasteiger partial charge in [0.25, 0.3) is 0 Å². The number of aryl methyl sites for hydroxylation is 1. The van der Waals surface area contributed by atoms with E-state index < -0.39 is 0 Å². The Labute approximate surface area is 132 Å². The van der Waals surface area contributed by atoms with Crippen LogP contribution in [0.2, 0.25) is 0 Å². The van der Waals surface area contributed by atoms with Gasteiger partial charge >= 0.3 is 0 Å². The van der Waals surface area contributed by atoms with Crippen LogP contribution in [0.1, 0.15) is 40.5 Å². The fraction of sp³-hybridized carbons (Fsp3) is 0.182. The lowest BCUT2D eigenvalue weighted by molar-refractivity contribution is 0.524. The summed E-state index contributed by atoms with van der Waals surface area (Å²) in [5, 5.41) is 0. The summed E-state index contributed by atoms with van der Waals surface area (Å²) >= 11 is 0. The summed E-state index contributed by atoms with van der Waals surface area (Å²) in [6, 6.07) is 31.0. The van der Waals surface area contributed by atoms with Crippen molar-refractivity contribution in [2.45, 2.75) is 24.7 Å². The number of fused-ring (bicyclic) bond motifs is 1. The minimum atomic E-state index is 0.466. The van der Waals surface area contributed by atoms with Gasteiger partial charge in [0, 0.05) is 5.92 Å². The maximum absolute atomic E-state index is 2.32. The van der Waals surface area contributed by atoms with Gasteiger partial charge in [-0.2, -0.15) is 0 Å². The number of benzene rings is 3. The highest BCUT2D eigenvalue weighted by molar-refractivity contribution is 5.44. The molecule has 0 aromatic heterocycles. The van der Waals surface area contributed by atoms with Gasteiger partial charge in [0.1, 0.15) is 0 Å². The summed E-state index contributed by atoms with van der Waals surface area (Å²) in [6.45, 7) is 0. The normalized spacial score (nSPS) is 20.4. The van der Waals surface area contributed by atoms with Crippen molar-refractivity contribution in [3.8, 4) is 0 Å². The minimum Gasteiger partial charge on any atom is -0.0622 e. The zero-order chi connectivity index (χ0) is 14.8. The van der Waals surface area contributed by atoms with Gasteiger partial charge in [-0.1, -0.05) is 84.9 Å². The third-order valence-electron chi connectivity index (χ3n) is 4.90. The lowest BCUT2D eigenvalue weighted by Crippen LogP contribution is -2.20. The standard InChI is InChI=1S/C22H20/c1-3-9-17(10-4-1)21-16-15-18-11-7-8-14-20(18)22(21)19-12-5-2-6-13-19/h1-14,21-22H,15-16H2/t21-,22-/m1/s1. The maximum atomic E-state index is 2.32. The molecule has 0 nitrogen and oxygen atoms in total. The molecule has 3 aromatic rings. The summed E-state index contributed by atoms with van der Waals surface area (Å²) in [4.78, 5) is 0. The van der Waals surface area contributed by atoms with Crippen LogP contribution < -0.4 is 0 Å². The Hall–Kier alpha value is -2.34. The van der Waals surface area contributed by atoms with E-state index in [9.17, 15) is 0 Å². The number of hydrogen-bond donors (Lipinski definition) is 0. The molecule has 0 heteroatoms. The Bertz CT molecular complexity index is 743. The van der Waals surface area contributed by atoms with Crippen LogP contribution >= 0.6 is 0 Å². The molecule has 0 saturated carbocycles. The first-order chi connectivity index (χ1) is 10.9. The predicted molar refractivity (Wildman–Crippen MR) is 92.2 cm³/mol. The van der Waals surface area contributed by atoms with Crippen LogP contribution in [-0.4, -0.2) is 0 Å². The Morgan fingerprint density at radius 2 is 1.18 bits per heavy atom. The van der Waals surface area contributed by atoms with E-state index in [4.69, 9.17) is 0 Å². The topological polar surface area (TPSA) is 0 Å². The van der Waals surface area contributed by atoms with Gasteiger partial charge in [0.2, 0.25) is 0 Å². The molecule has 0 saturated heterocycles. The fourth-order valence-electron chi connectivity index (χ4n) is 3.89. The summed E-state index contributed by atoms with van der Waals surface area (Å²) in [5.41, 5.74) is 5.92. The van der Waals surface area contributed by atoms with E-state index in [0.717, 1.165) is 0 Å². The Balaban J connectivity index is 1.86. The van der Waals surface area contributed by atoms with Crippen molar-refractivity contribution < 1.29 is 0 Å². The van der Waals surface area contributed by atoms with E-state index in [2.05, 4.69) is 84.9 Å². The molecule has 4 rings (SSSR count). The van der Waals surface area contributed by atoms with Crippen LogP contribution in [0.4, 0.5) is 0 Å². The van der Waals surface area contributed by atoms with Crippen LogP contribution in [0, 0.1) is 0 Å². The predicted octanol–water partition coefficient (Wildman–Crippen LogP) is 5.55. The van der Waals surface area contributed by atoms with Gasteiger partial charge in [-0.05, 0) is 41.0 Å². The van der Waals surface area contributed by atoms with Gasteiger partial charge in [-0.15, -0.1) is 0 Å². The second-order valence-corrected chi connectivity index (χ2v) is 6.14. The molecule has 0 spiro atoms. The van der Waals surface area contributed by atoms with Crippen molar-refractivity contribution in [3.63, 3.8) is 0 Å². The van der Waals surface area contributed by atoms with Crippen LogP contribution in [0.3, 0.4) is 0 Å². The Kier molecular flexibility index (Phi) is 3.52. The molecule has 0 unspecified atom stereocenters. The van der Waals surface area contributed by atoms with E-state index in [0.29, 0.717) is 11.8 Å². The highest BCUT2D eigenvalue weighted by atomic mass is 14.3. The third kappa shape index (κ3) is 2.35. The van der Waals surface area contributed by atoms with Crippen LogP contribution in [0.5, 0.6) is 0 Å². The lowest BCUT2D eigenvalue weighted by atomic mass is 9.69. The number of hydrogen-bond acceptors (Lipinski definition) is 0. The first-order valence-corrected chi connectivity index (χ1v) is 8.11. The molecule has 108 valence electrons. The monoisotopic (exact) mass is 284 g/mol. The van der Waals surface area contributed by atoms with Gasteiger partial charge in [-0.25, -0.2) is 0 Å². The van der Waals surface area contributed by atoms with Crippen molar-refractivity contribution in [1.29, 1.82) is 0 Å². The summed E-state index contributed by atoms with van der Waals surface area (Å²) in [5.74, 6) is 1.03.